The summed E-state index contributed by atoms with van der Waals surface area (Å²) >= 11 is 0. The predicted octanol–water partition coefficient (Wildman–Crippen LogP) is 4.98. The second-order valence-corrected chi connectivity index (χ2v) is 22.0. The van der Waals surface area contributed by atoms with Crippen molar-refractivity contribution in [3.8, 4) is 0 Å². The Hall–Kier alpha value is -6.95. The van der Waals surface area contributed by atoms with Crippen LogP contribution >= 0.6 is 0 Å². The van der Waals surface area contributed by atoms with Gasteiger partial charge in [-0.15, -0.1) is 0 Å². The Morgan fingerprint density at radius 1 is 0.455 bits per heavy atom. The number of rotatable bonds is 24. The summed E-state index contributed by atoms with van der Waals surface area (Å²) in [4.78, 5) is 99.1. The Bertz CT molecular complexity index is 2630. The molecular weight excluding hydrogens is 981 g/mol. The van der Waals surface area contributed by atoms with Gasteiger partial charge in [0, 0.05) is 79.7 Å². The topological polar surface area (TPSA) is 211 Å². The molecule has 3 saturated carbocycles. The maximum Gasteiger partial charge on any atom is 0.308 e. The van der Waals surface area contributed by atoms with Crippen molar-refractivity contribution in [1.29, 1.82) is 0 Å². The van der Waals surface area contributed by atoms with E-state index in [0.29, 0.717) is 25.4 Å². The number of likely N-dealkylation sites (tertiary alicyclic amines) is 2. The molecule has 9 rings (SSSR count). The third kappa shape index (κ3) is 14.8. The lowest BCUT2D eigenvalue weighted by Crippen LogP contribution is -2.43. The lowest BCUT2D eigenvalue weighted by Gasteiger charge is -2.19. The molecular formula is C60H72N6O11. The Labute approximate surface area is 450 Å². The third-order valence-electron chi connectivity index (χ3n) is 15.1. The number of carbonyl (C=O) groups is 7. The van der Waals surface area contributed by atoms with Crippen LogP contribution in [0.25, 0.3) is 0 Å². The molecule has 2 saturated heterocycles. The highest BCUT2D eigenvalue weighted by Crippen LogP contribution is 2.43. The lowest BCUT2D eigenvalue weighted by molar-refractivity contribution is -0.156. The minimum Gasteiger partial charge on any atom is -0.460 e. The van der Waals surface area contributed by atoms with Gasteiger partial charge in [-0.2, -0.15) is 0 Å². The Kier molecular flexibility index (Phi) is 17.8. The largest absolute Gasteiger partial charge is 0.460 e. The second kappa shape index (κ2) is 25.0. The summed E-state index contributed by atoms with van der Waals surface area (Å²) in [5, 5.41) is 12.4. The molecule has 0 spiro atoms. The molecule has 17 nitrogen and oxygen atoms in total. The molecule has 2 heterocycles. The number of hydrogen-bond acceptors (Lipinski definition) is 11. The number of hydrogen-bond donors (Lipinski definition) is 4. The van der Waals surface area contributed by atoms with Crippen LogP contribution in [0.15, 0.2) is 115 Å². The monoisotopic (exact) mass is 1050 g/mol. The van der Waals surface area contributed by atoms with Gasteiger partial charge in [-0.25, -0.2) is 0 Å². The van der Waals surface area contributed by atoms with Crippen LogP contribution < -0.4 is 21.3 Å². The van der Waals surface area contributed by atoms with E-state index < -0.39 is 29.3 Å². The van der Waals surface area contributed by atoms with Gasteiger partial charge in [-0.1, -0.05) is 91.0 Å². The van der Waals surface area contributed by atoms with Crippen molar-refractivity contribution in [2.45, 2.75) is 87.9 Å². The van der Waals surface area contributed by atoms with Crippen LogP contribution in [-0.4, -0.2) is 147 Å². The van der Waals surface area contributed by atoms with E-state index in [9.17, 15) is 33.6 Å². The van der Waals surface area contributed by atoms with E-state index in [1.807, 2.05) is 112 Å². The Morgan fingerprint density at radius 2 is 0.792 bits per heavy atom. The highest BCUT2D eigenvalue weighted by molar-refractivity contribution is 6.00. The van der Waals surface area contributed by atoms with Crippen LogP contribution in [0, 0.1) is 23.7 Å². The number of nitrogens with one attached hydrogen (secondary N) is 4. The van der Waals surface area contributed by atoms with Crippen molar-refractivity contribution in [3.63, 3.8) is 0 Å². The van der Waals surface area contributed by atoms with Gasteiger partial charge >= 0.3 is 5.97 Å². The smallest absolute Gasteiger partial charge is 0.308 e. The first-order valence-corrected chi connectivity index (χ1v) is 27.2. The Balaban J connectivity index is 0.780. The van der Waals surface area contributed by atoms with Crippen molar-refractivity contribution in [3.05, 3.63) is 143 Å². The zero-order valence-electron chi connectivity index (χ0n) is 44.2. The summed E-state index contributed by atoms with van der Waals surface area (Å²) in [7, 11) is 0. The van der Waals surface area contributed by atoms with Crippen LogP contribution in [0.2, 0.25) is 0 Å². The van der Waals surface area contributed by atoms with E-state index in [4.69, 9.17) is 18.9 Å². The standard InChI is InChI=1S/C60H72N6O11/c1-60(2,3)77-53(67)23-25-74-27-29-76-30-28-75-26-24-61-54(68)46-34-65(35-47(46)55(69)62-50-31-43(50)38-13-7-4-8-14-38)58(72)41-19-21-42(22-20-41)59(73)66-36-48(56(70)63-51-32-44(51)39-15-9-5-10-16-39)49(37-66)57(71)64-52-33-45(52)40-17-11-6-12-18-40/h4-22,43-52H,23-37H2,1-3H3,(H,61,68)(H,62,69)(H,63,70)(H,64,71)/t43-,44-,45-,46-,47-,48-,49-,50+,51+,52+/m1/s1. The van der Waals surface area contributed by atoms with E-state index in [1.54, 1.807) is 29.2 Å². The van der Waals surface area contributed by atoms with Crippen molar-refractivity contribution in [1.82, 2.24) is 31.1 Å². The first-order valence-electron chi connectivity index (χ1n) is 27.2. The maximum absolute atomic E-state index is 14.2. The molecule has 0 radical (unpaired) electrons. The van der Waals surface area contributed by atoms with E-state index in [-0.39, 0.29) is 142 Å². The fourth-order valence-corrected chi connectivity index (χ4v) is 10.7. The number of ether oxygens (including phenoxy) is 4. The Morgan fingerprint density at radius 3 is 1.16 bits per heavy atom. The number of esters is 1. The highest BCUT2D eigenvalue weighted by atomic mass is 16.6. The van der Waals surface area contributed by atoms with E-state index >= 15 is 0 Å². The molecule has 0 aromatic heterocycles. The molecule has 17 heteroatoms. The average Bonchev–Trinajstić information content (AvgIpc) is 4.41. The summed E-state index contributed by atoms with van der Waals surface area (Å²) in [6.45, 7) is 7.40. The molecule has 5 fully saturated rings. The number of benzene rings is 4. The van der Waals surface area contributed by atoms with Crippen LogP contribution in [0.1, 0.15) is 102 Å². The van der Waals surface area contributed by atoms with Gasteiger partial charge in [0.15, 0.2) is 0 Å². The molecule has 2 aliphatic heterocycles. The molecule has 0 bridgehead atoms. The fraction of sp³-hybridized carbons (Fsp3) is 0.483. The second-order valence-electron chi connectivity index (χ2n) is 22.0. The number of carbonyl (C=O) groups excluding carboxylic acids is 7. The van der Waals surface area contributed by atoms with Gasteiger partial charge in [0.25, 0.3) is 11.8 Å². The van der Waals surface area contributed by atoms with Crippen molar-refractivity contribution < 1.29 is 52.5 Å². The van der Waals surface area contributed by atoms with Gasteiger partial charge in [0.2, 0.25) is 23.6 Å². The normalized spacial score (nSPS) is 25.1. The van der Waals surface area contributed by atoms with Gasteiger partial charge in [0.1, 0.15) is 5.60 Å². The zero-order chi connectivity index (χ0) is 54.1. The van der Waals surface area contributed by atoms with Crippen molar-refractivity contribution in [2.24, 2.45) is 23.7 Å². The summed E-state index contributed by atoms with van der Waals surface area (Å²) in [5.41, 5.74) is 3.46. The quantitative estimate of drug-likeness (QED) is 0.0544. The number of nitrogens with zero attached hydrogens (tertiary/aromatic N) is 2. The van der Waals surface area contributed by atoms with Gasteiger partial charge in [0.05, 0.1) is 69.7 Å². The van der Waals surface area contributed by atoms with E-state index in [1.165, 1.54) is 4.90 Å². The molecule has 5 aliphatic rings. The summed E-state index contributed by atoms with van der Waals surface area (Å²) in [6.07, 6.45) is 2.54. The SMILES string of the molecule is CC(C)(C)OC(=O)CCOCCOCCOCCNC(=O)[C@@H]1CN(C(=O)c2ccc(C(=O)N3C[C@@H](C(=O)N[C@H]4C[C@@H]4c4ccccc4)[C@H](C(=O)N[C@H]4C[C@@H]4c4ccccc4)C3)cc2)C[C@H]1C(=O)N[C@H]1C[C@@H]1c1ccccc1. The maximum atomic E-state index is 14.2. The molecule has 77 heavy (non-hydrogen) atoms. The molecule has 6 amide bonds. The minimum absolute atomic E-state index is 0.00530. The molecule has 4 aromatic rings. The predicted molar refractivity (Wildman–Crippen MR) is 285 cm³/mol. The van der Waals surface area contributed by atoms with Gasteiger partial charge < -0.3 is 50.0 Å². The molecule has 0 unspecified atom stereocenters. The van der Waals surface area contributed by atoms with Crippen molar-refractivity contribution in [2.75, 3.05) is 72.4 Å². The first kappa shape index (κ1) is 54.8. The van der Waals surface area contributed by atoms with Crippen LogP contribution in [0.5, 0.6) is 0 Å². The molecule has 4 N–H and O–H groups in total. The first-order chi connectivity index (χ1) is 37.2. The number of amides is 6. The third-order valence-corrected chi connectivity index (χ3v) is 15.1. The van der Waals surface area contributed by atoms with E-state index in [2.05, 4.69) is 21.3 Å². The van der Waals surface area contributed by atoms with Crippen molar-refractivity contribution >= 4 is 41.4 Å². The highest BCUT2D eigenvalue weighted by Gasteiger charge is 2.50. The molecule has 10 atom stereocenters. The van der Waals surface area contributed by atoms with E-state index in [0.717, 1.165) is 36.0 Å². The zero-order valence-corrected chi connectivity index (χ0v) is 44.2. The van der Waals surface area contributed by atoms with Crippen LogP contribution in [-0.2, 0) is 42.9 Å². The average molecular weight is 1050 g/mol. The lowest BCUT2D eigenvalue weighted by atomic mass is 9.94. The molecule has 3 aliphatic carbocycles. The van der Waals surface area contributed by atoms with Gasteiger partial charge in [-0.3, -0.25) is 33.6 Å². The van der Waals surface area contributed by atoms with Crippen LogP contribution in [0.4, 0.5) is 0 Å². The van der Waals surface area contributed by atoms with Gasteiger partial charge in [-0.05, 0) is 81.0 Å². The minimum atomic E-state index is -0.828. The van der Waals surface area contributed by atoms with Crippen LogP contribution in [0.3, 0.4) is 0 Å². The fourth-order valence-electron chi connectivity index (χ4n) is 10.7. The molecule has 4 aromatic carbocycles. The summed E-state index contributed by atoms with van der Waals surface area (Å²) in [5.74, 6) is -4.82. The summed E-state index contributed by atoms with van der Waals surface area (Å²) < 4.78 is 21.9. The molecule has 408 valence electrons. The summed E-state index contributed by atoms with van der Waals surface area (Å²) in [6, 6.07) is 36.0.